The molecule has 1 aromatic carbocycles. The molecule has 0 saturated carbocycles. The quantitative estimate of drug-likeness (QED) is 0.635. The van der Waals surface area contributed by atoms with Gasteiger partial charge in [-0.1, -0.05) is 22.0 Å². The van der Waals surface area contributed by atoms with Crippen LogP contribution in [0, 0.1) is 6.92 Å². The van der Waals surface area contributed by atoms with Crippen LogP contribution in [-0.4, -0.2) is 12.2 Å². The van der Waals surface area contributed by atoms with Crippen molar-refractivity contribution in [2.75, 3.05) is 5.32 Å². The molecule has 0 atom stereocenters. The minimum absolute atomic E-state index is 0.250. The van der Waals surface area contributed by atoms with Crippen LogP contribution >= 0.6 is 15.9 Å². The van der Waals surface area contributed by atoms with Crippen molar-refractivity contribution in [1.82, 2.24) is 0 Å². The Kier molecular flexibility index (Phi) is 3.19. The fraction of sp³-hybridized carbons (Fsp3) is 0.111. The van der Waals surface area contributed by atoms with Crippen LogP contribution < -0.4 is 5.32 Å². The first kappa shape index (κ1) is 9.92. The molecule has 0 heterocycles. The van der Waals surface area contributed by atoms with Crippen molar-refractivity contribution in [1.29, 1.82) is 0 Å². The minimum atomic E-state index is -0.638. The van der Waals surface area contributed by atoms with E-state index in [1.807, 2.05) is 19.1 Å². The van der Waals surface area contributed by atoms with Gasteiger partial charge in [0, 0.05) is 10.2 Å². The van der Waals surface area contributed by atoms with E-state index < -0.39 is 5.91 Å². The van der Waals surface area contributed by atoms with E-state index in [0.29, 0.717) is 5.69 Å². The van der Waals surface area contributed by atoms with E-state index in [1.54, 1.807) is 6.07 Å². The molecule has 0 aliphatic carbocycles. The van der Waals surface area contributed by atoms with Crippen LogP contribution in [0.25, 0.3) is 0 Å². The molecule has 0 aromatic heterocycles. The summed E-state index contributed by atoms with van der Waals surface area (Å²) in [6, 6.07) is 5.47. The van der Waals surface area contributed by atoms with Crippen LogP contribution in [0.15, 0.2) is 22.7 Å². The van der Waals surface area contributed by atoms with E-state index in [9.17, 15) is 9.59 Å². The number of hydrogen-bond donors (Lipinski definition) is 1. The molecule has 0 unspecified atom stereocenters. The predicted molar refractivity (Wildman–Crippen MR) is 53.6 cm³/mol. The van der Waals surface area contributed by atoms with E-state index in [0.717, 1.165) is 10.0 Å². The van der Waals surface area contributed by atoms with Gasteiger partial charge in [-0.05, 0) is 24.6 Å². The number of benzene rings is 1. The molecule has 1 rings (SSSR count). The second-order valence-electron chi connectivity index (χ2n) is 2.57. The second-order valence-corrected chi connectivity index (χ2v) is 3.48. The minimum Gasteiger partial charge on any atom is -0.319 e. The maximum atomic E-state index is 10.8. The van der Waals surface area contributed by atoms with Gasteiger partial charge in [0.25, 0.3) is 5.91 Å². The van der Waals surface area contributed by atoms with Crippen molar-refractivity contribution in [3.05, 3.63) is 28.2 Å². The molecule has 1 amide bonds. The van der Waals surface area contributed by atoms with Gasteiger partial charge in [-0.25, -0.2) is 0 Å². The summed E-state index contributed by atoms with van der Waals surface area (Å²) < 4.78 is 0.860. The zero-order chi connectivity index (χ0) is 9.84. The van der Waals surface area contributed by atoms with E-state index in [2.05, 4.69) is 21.2 Å². The van der Waals surface area contributed by atoms with Gasteiger partial charge >= 0.3 is 0 Å². The Bertz CT molecular complexity index is 349. The third-order valence-electron chi connectivity index (χ3n) is 1.56. The van der Waals surface area contributed by atoms with Crippen molar-refractivity contribution in [3.8, 4) is 0 Å². The van der Waals surface area contributed by atoms with E-state index in [4.69, 9.17) is 0 Å². The number of rotatable bonds is 2. The summed E-state index contributed by atoms with van der Waals surface area (Å²) in [6.07, 6.45) is 0.250. The molecule has 1 aromatic rings. The first-order valence-corrected chi connectivity index (χ1v) is 4.45. The zero-order valence-corrected chi connectivity index (χ0v) is 8.59. The Morgan fingerprint density at radius 3 is 2.85 bits per heavy atom. The Balaban J connectivity index is 2.93. The zero-order valence-electron chi connectivity index (χ0n) is 7.00. The predicted octanol–water partition coefficient (Wildman–Crippen LogP) is 1.89. The van der Waals surface area contributed by atoms with Crippen LogP contribution in [-0.2, 0) is 9.59 Å². The van der Waals surface area contributed by atoms with Gasteiger partial charge in [0.05, 0.1) is 0 Å². The van der Waals surface area contributed by atoms with Gasteiger partial charge in [-0.3, -0.25) is 9.59 Å². The molecule has 13 heavy (non-hydrogen) atoms. The fourth-order valence-corrected chi connectivity index (χ4v) is 1.25. The molecule has 1 N–H and O–H groups in total. The number of anilines is 1. The number of carbonyl (C=O) groups excluding carboxylic acids is 2. The van der Waals surface area contributed by atoms with Gasteiger partial charge in [0.1, 0.15) is 0 Å². The van der Waals surface area contributed by atoms with E-state index in [1.165, 1.54) is 0 Å². The van der Waals surface area contributed by atoms with Crippen LogP contribution in [0.1, 0.15) is 5.56 Å². The number of hydrogen-bond acceptors (Lipinski definition) is 2. The molecule has 3 nitrogen and oxygen atoms in total. The summed E-state index contributed by atoms with van der Waals surface area (Å²) in [4.78, 5) is 20.8. The van der Waals surface area contributed by atoms with Crippen molar-refractivity contribution < 1.29 is 9.59 Å². The Labute approximate surface area is 84.3 Å². The lowest BCUT2D eigenvalue weighted by Crippen LogP contribution is -2.12. The van der Waals surface area contributed by atoms with Crippen molar-refractivity contribution in [2.45, 2.75) is 6.92 Å². The summed E-state index contributed by atoms with van der Waals surface area (Å²) in [5.41, 5.74) is 1.56. The highest BCUT2D eigenvalue weighted by Gasteiger charge is 2.02. The average molecular weight is 242 g/mol. The van der Waals surface area contributed by atoms with Crippen molar-refractivity contribution in [3.63, 3.8) is 0 Å². The lowest BCUT2D eigenvalue weighted by molar-refractivity contribution is -0.127. The Hall–Kier alpha value is -1.16. The maximum absolute atomic E-state index is 10.8. The highest BCUT2D eigenvalue weighted by Crippen LogP contribution is 2.20. The topological polar surface area (TPSA) is 46.2 Å². The SMILES string of the molecule is Cc1ccc(Br)cc1NC(=O)C=O. The van der Waals surface area contributed by atoms with Gasteiger partial charge in [0.2, 0.25) is 6.29 Å². The fourth-order valence-electron chi connectivity index (χ4n) is 0.891. The number of halogens is 1. The molecule has 0 fully saturated rings. The smallest absolute Gasteiger partial charge is 0.288 e. The molecule has 4 heteroatoms. The number of aryl methyl sites for hydroxylation is 1. The molecule has 0 radical (unpaired) electrons. The molecule has 0 saturated heterocycles. The summed E-state index contributed by atoms with van der Waals surface area (Å²) in [7, 11) is 0. The molecule has 0 spiro atoms. The third-order valence-corrected chi connectivity index (χ3v) is 2.06. The second kappa shape index (κ2) is 4.18. The molecule has 0 bridgehead atoms. The summed E-state index contributed by atoms with van der Waals surface area (Å²) in [6.45, 7) is 1.85. The molecular weight excluding hydrogens is 234 g/mol. The first-order valence-electron chi connectivity index (χ1n) is 3.66. The summed E-state index contributed by atoms with van der Waals surface area (Å²) in [5.74, 6) is -0.638. The largest absolute Gasteiger partial charge is 0.319 e. The number of aldehydes is 1. The van der Waals surface area contributed by atoms with Crippen LogP contribution in [0.4, 0.5) is 5.69 Å². The molecule has 0 aliphatic heterocycles. The van der Waals surface area contributed by atoms with Crippen LogP contribution in [0.3, 0.4) is 0 Å². The monoisotopic (exact) mass is 241 g/mol. The van der Waals surface area contributed by atoms with Crippen LogP contribution in [0.5, 0.6) is 0 Å². The normalized spacial score (nSPS) is 9.38. The van der Waals surface area contributed by atoms with E-state index >= 15 is 0 Å². The third kappa shape index (κ3) is 2.66. The van der Waals surface area contributed by atoms with Crippen LogP contribution in [0.2, 0.25) is 0 Å². The van der Waals surface area contributed by atoms with Gasteiger partial charge in [-0.2, -0.15) is 0 Å². The van der Waals surface area contributed by atoms with Gasteiger partial charge < -0.3 is 5.32 Å². The average Bonchev–Trinajstić information content (AvgIpc) is 2.11. The lowest BCUT2D eigenvalue weighted by atomic mass is 10.2. The highest BCUT2D eigenvalue weighted by molar-refractivity contribution is 9.10. The Morgan fingerprint density at radius 1 is 1.54 bits per heavy atom. The van der Waals surface area contributed by atoms with Gasteiger partial charge in [0.15, 0.2) is 0 Å². The standard InChI is InChI=1S/C9H8BrNO2/c1-6-2-3-7(10)4-8(6)11-9(13)5-12/h2-5H,1H3,(H,11,13). The number of carbonyl (C=O) groups is 2. The van der Waals surface area contributed by atoms with Crippen molar-refractivity contribution >= 4 is 33.8 Å². The molecule has 0 aliphatic rings. The maximum Gasteiger partial charge on any atom is 0.288 e. The molecular formula is C9H8BrNO2. The lowest BCUT2D eigenvalue weighted by Gasteiger charge is -2.05. The van der Waals surface area contributed by atoms with Gasteiger partial charge in [-0.15, -0.1) is 0 Å². The first-order chi connectivity index (χ1) is 6.13. The summed E-state index contributed by atoms with van der Waals surface area (Å²) >= 11 is 3.27. The highest BCUT2D eigenvalue weighted by atomic mass is 79.9. The molecule has 68 valence electrons. The van der Waals surface area contributed by atoms with E-state index in [-0.39, 0.29) is 6.29 Å². The number of amides is 1. The Morgan fingerprint density at radius 2 is 2.23 bits per heavy atom. The van der Waals surface area contributed by atoms with Crippen molar-refractivity contribution in [2.24, 2.45) is 0 Å². The number of nitrogens with one attached hydrogen (secondary N) is 1. The summed E-state index contributed by atoms with van der Waals surface area (Å²) in [5, 5.41) is 2.46.